The van der Waals surface area contributed by atoms with Gasteiger partial charge in [-0.1, -0.05) is 23.8 Å². The SMILES string of the molecule is C=C(C)CCc1ccccc1S(=O)O. The van der Waals surface area contributed by atoms with E-state index >= 15 is 0 Å². The Morgan fingerprint density at radius 1 is 1.50 bits per heavy atom. The molecule has 0 spiro atoms. The lowest BCUT2D eigenvalue weighted by molar-refractivity contribution is 0.563. The first-order valence-electron chi connectivity index (χ1n) is 4.44. The Kier molecular flexibility index (Phi) is 4.04. The summed E-state index contributed by atoms with van der Waals surface area (Å²) < 4.78 is 20.0. The van der Waals surface area contributed by atoms with Crippen molar-refractivity contribution in [1.82, 2.24) is 0 Å². The van der Waals surface area contributed by atoms with Crippen LogP contribution in [0.5, 0.6) is 0 Å². The van der Waals surface area contributed by atoms with E-state index in [1.54, 1.807) is 12.1 Å². The minimum atomic E-state index is -1.88. The standard InChI is InChI=1S/C11H14O2S/c1-9(2)7-8-10-5-3-4-6-11(10)14(12)13/h3-6H,1,7-8H2,2H3,(H,12,13). The zero-order chi connectivity index (χ0) is 10.6. The summed E-state index contributed by atoms with van der Waals surface area (Å²) in [6.45, 7) is 5.76. The largest absolute Gasteiger partial charge is 0.302 e. The van der Waals surface area contributed by atoms with E-state index in [2.05, 4.69) is 6.58 Å². The molecule has 0 fully saturated rings. The van der Waals surface area contributed by atoms with Crippen LogP contribution in [0.1, 0.15) is 18.9 Å². The van der Waals surface area contributed by atoms with Gasteiger partial charge in [-0.3, -0.25) is 0 Å². The summed E-state index contributed by atoms with van der Waals surface area (Å²) in [5.41, 5.74) is 2.01. The Bertz CT molecular complexity index is 358. The molecule has 14 heavy (non-hydrogen) atoms. The number of hydrogen-bond acceptors (Lipinski definition) is 1. The molecular formula is C11H14O2S. The number of allylic oxidation sites excluding steroid dienone is 1. The topological polar surface area (TPSA) is 37.3 Å². The van der Waals surface area contributed by atoms with E-state index in [9.17, 15) is 4.21 Å². The second-order valence-corrected chi connectivity index (χ2v) is 4.25. The molecule has 0 bridgehead atoms. The fraction of sp³-hybridized carbons (Fsp3) is 0.273. The smallest absolute Gasteiger partial charge is 0.186 e. The van der Waals surface area contributed by atoms with E-state index in [0.717, 1.165) is 24.0 Å². The highest BCUT2D eigenvalue weighted by atomic mass is 32.2. The number of aryl methyl sites for hydroxylation is 1. The molecule has 1 aromatic carbocycles. The van der Waals surface area contributed by atoms with Gasteiger partial charge < -0.3 is 4.55 Å². The van der Waals surface area contributed by atoms with Gasteiger partial charge in [-0.2, -0.15) is 0 Å². The molecule has 1 N–H and O–H groups in total. The van der Waals surface area contributed by atoms with Crippen LogP contribution in [-0.4, -0.2) is 8.76 Å². The van der Waals surface area contributed by atoms with Crippen molar-refractivity contribution in [2.24, 2.45) is 0 Å². The molecule has 0 aliphatic rings. The first-order chi connectivity index (χ1) is 6.61. The lowest BCUT2D eigenvalue weighted by Crippen LogP contribution is -1.96. The van der Waals surface area contributed by atoms with Crippen LogP contribution in [0.3, 0.4) is 0 Å². The highest BCUT2D eigenvalue weighted by molar-refractivity contribution is 7.79. The van der Waals surface area contributed by atoms with Crippen LogP contribution >= 0.6 is 0 Å². The van der Waals surface area contributed by atoms with Crippen molar-refractivity contribution < 1.29 is 8.76 Å². The molecule has 3 heteroatoms. The monoisotopic (exact) mass is 210 g/mol. The van der Waals surface area contributed by atoms with Crippen LogP contribution in [0.2, 0.25) is 0 Å². The van der Waals surface area contributed by atoms with Crippen molar-refractivity contribution in [3.63, 3.8) is 0 Å². The van der Waals surface area contributed by atoms with Crippen molar-refractivity contribution in [2.45, 2.75) is 24.7 Å². The maximum atomic E-state index is 11.0. The summed E-state index contributed by atoms with van der Waals surface area (Å²) in [5, 5.41) is 0. The molecule has 1 rings (SSSR count). The Hall–Kier alpha value is -0.930. The second kappa shape index (κ2) is 5.08. The molecule has 0 amide bonds. The highest BCUT2D eigenvalue weighted by Crippen LogP contribution is 2.15. The molecular weight excluding hydrogens is 196 g/mol. The van der Waals surface area contributed by atoms with Gasteiger partial charge in [-0.15, -0.1) is 6.58 Å². The van der Waals surface area contributed by atoms with Crippen molar-refractivity contribution in [2.75, 3.05) is 0 Å². The van der Waals surface area contributed by atoms with Gasteiger partial charge in [0, 0.05) is 0 Å². The van der Waals surface area contributed by atoms with Crippen LogP contribution in [0, 0.1) is 0 Å². The molecule has 0 aliphatic carbocycles. The summed E-state index contributed by atoms with van der Waals surface area (Å²) in [5.74, 6) is 0. The average Bonchev–Trinajstić information content (AvgIpc) is 2.15. The third-order valence-corrected chi connectivity index (χ3v) is 2.76. The average molecular weight is 210 g/mol. The van der Waals surface area contributed by atoms with E-state index in [4.69, 9.17) is 4.55 Å². The van der Waals surface area contributed by atoms with Gasteiger partial charge >= 0.3 is 0 Å². The maximum absolute atomic E-state index is 11.0. The second-order valence-electron chi connectivity index (χ2n) is 3.31. The minimum absolute atomic E-state index is 0.508. The van der Waals surface area contributed by atoms with Crippen LogP contribution in [0.15, 0.2) is 41.3 Å². The predicted molar refractivity (Wildman–Crippen MR) is 58.6 cm³/mol. The third kappa shape index (κ3) is 3.09. The molecule has 0 aliphatic heterocycles. The molecule has 0 saturated heterocycles. The van der Waals surface area contributed by atoms with Gasteiger partial charge in [0.2, 0.25) is 0 Å². The van der Waals surface area contributed by atoms with Crippen LogP contribution in [0.4, 0.5) is 0 Å². The molecule has 1 atom stereocenters. The number of benzene rings is 1. The van der Waals surface area contributed by atoms with E-state index in [1.807, 2.05) is 19.1 Å². The fourth-order valence-electron chi connectivity index (χ4n) is 1.23. The summed E-state index contributed by atoms with van der Waals surface area (Å²) in [4.78, 5) is 0.508. The zero-order valence-electron chi connectivity index (χ0n) is 8.19. The minimum Gasteiger partial charge on any atom is -0.302 e. The Balaban J connectivity index is 2.84. The van der Waals surface area contributed by atoms with Gasteiger partial charge in [0.25, 0.3) is 0 Å². The van der Waals surface area contributed by atoms with E-state index in [0.29, 0.717) is 4.90 Å². The van der Waals surface area contributed by atoms with E-state index in [-0.39, 0.29) is 0 Å². The van der Waals surface area contributed by atoms with E-state index in [1.165, 1.54) is 0 Å². The zero-order valence-corrected chi connectivity index (χ0v) is 9.01. The maximum Gasteiger partial charge on any atom is 0.186 e. The predicted octanol–water partition coefficient (Wildman–Crippen LogP) is 2.78. The van der Waals surface area contributed by atoms with Crippen molar-refractivity contribution >= 4 is 11.1 Å². The Morgan fingerprint density at radius 2 is 2.14 bits per heavy atom. The molecule has 0 heterocycles. The number of rotatable bonds is 4. The van der Waals surface area contributed by atoms with Crippen molar-refractivity contribution in [3.8, 4) is 0 Å². The lowest BCUT2D eigenvalue weighted by Gasteiger charge is -2.05. The molecule has 2 nitrogen and oxygen atoms in total. The van der Waals surface area contributed by atoms with Gasteiger partial charge in [-0.05, 0) is 31.4 Å². The van der Waals surface area contributed by atoms with Gasteiger partial charge in [-0.25, -0.2) is 4.21 Å². The first kappa shape index (κ1) is 11.1. The molecule has 1 unspecified atom stereocenters. The highest BCUT2D eigenvalue weighted by Gasteiger charge is 2.05. The summed E-state index contributed by atoms with van der Waals surface area (Å²) in [6, 6.07) is 7.22. The Labute approximate surface area is 86.9 Å². The summed E-state index contributed by atoms with van der Waals surface area (Å²) >= 11 is -1.88. The summed E-state index contributed by atoms with van der Waals surface area (Å²) in [7, 11) is 0. The van der Waals surface area contributed by atoms with E-state index < -0.39 is 11.1 Å². The normalized spacial score (nSPS) is 12.4. The molecule has 0 radical (unpaired) electrons. The quantitative estimate of drug-likeness (QED) is 0.613. The van der Waals surface area contributed by atoms with Crippen molar-refractivity contribution in [3.05, 3.63) is 42.0 Å². The number of hydrogen-bond donors (Lipinski definition) is 1. The van der Waals surface area contributed by atoms with Crippen molar-refractivity contribution in [1.29, 1.82) is 0 Å². The van der Waals surface area contributed by atoms with Gasteiger partial charge in [0.1, 0.15) is 0 Å². The molecule has 76 valence electrons. The third-order valence-electron chi connectivity index (χ3n) is 1.98. The Morgan fingerprint density at radius 3 is 2.71 bits per heavy atom. The fourth-order valence-corrected chi connectivity index (χ4v) is 1.82. The lowest BCUT2D eigenvalue weighted by atomic mass is 10.1. The summed E-state index contributed by atoms with van der Waals surface area (Å²) in [6.07, 6.45) is 1.63. The molecule has 0 saturated carbocycles. The van der Waals surface area contributed by atoms with Crippen LogP contribution in [-0.2, 0) is 17.5 Å². The first-order valence-corrected chi connectivity index (χ1v) is 5.55. The molecule has 0 aromatic heterocycles. The van der Waals surface area contributed by atoms with Gasteiger partial charge in [0.05, 0.1) is 4.90 Å². The van der Waals surface area contributed by atoms with Gasteiger partial charge in [0.15, 0.2) is 11.1 Å². The molecule has 1 aromatic rings. The van der Waals surface area contributed by atoms with Crippen LogP contribution < -0.4 is 0 Å². The van der Waals surface area contributed by atoms with Crippen LogP contribution in [0.25, 0.3) is 0 Å².